The number of hydrogen-bond donors (Lipinski definition) is 3. The first-order valence-corrected chi connectivity index (χ1v) is 7.17. The number of halogens is 2. The number of amidine groups is 1. The van der Waals surface area contributed by atoms with Crippen LogP contribution in [-0.2, 0) is 20.5 Å². The molecular weight excluding hydrogens is 315 g/mol. The average molecular weight is 321 g/mol. The maximum Gasteiger partial charge on any atom is 0.323 e. The molecule has 1 amide bonds. The van der Waals surface area contributed by atoms with E-state index < -0.39 is 27.5 Å². The largest absolute Gasteiger partial charge is 0.384 e. The van der Waals surface area contributed by atoms with Crippen molar-refractivity contribution in [3.8, 4) is 0 Å². The average Bonchev–Trinajstić information content (AvgIpc) is 2.71. The van der Waals surface area contributed by atoms with Gasteiger partial charge in [-0.15, -0.1) is 4.40 Å². The summed E-state index contributed by atoms with van der Waals surface area (Å²) in [6.07, 6.45) is 0. The van der Waals surface area contributed by atoms with E-state index in [0.29, 0.717) is 0 Å². The molecule has 2 aliphatic rings. The molecule has 1 atom stereocenters. The lowest BCUT2D eigenvalue weighted by Crippen LogP contribution is -2.53. The summed E-state index contributed by atoms with van der Waals surface area (Å²) in [6, 6.07) is 2.93. The van der Waals surface area contributed by atoms with E-state index in [1.807, 2.05) is 0 Å². The third kappa shape index (κ3) is 1.51. The fraction of sp³-hybridized carbons (Fsp3) is 0.111. The Balaban J connectivity index is 2.37. The van der Waals surface area contributed by atoms with Gasteiger partial charge in [0.05, 0.1) is 10.7 Å². The number of anilines is 1. The standard InChI is InChI=1S/C9H6Cl2N4O3S/c10-3-1-2-4(11)6-5(3)9(8(16)13-6)7(12)14-19(17,18)15-9/h1-2,15H,(H2,12,14)(H,13,16). The van der Waals surface area contributed by atoms with Gasteiger partial charge in [0, 0.05) is 10.6 Å². The Morgan fingerprint density at radius 1 is 1.26 bits per heavy atom. The Hall–Kier alpha value is -1.35. The normalized spacial score (nSPS) is 27.3. The summed E-state index contributed by atoms with van der Waals surface area (Å²) in [7, 11) is -4.04. The van der Waals surface area contributed by atoms with Crippen molar-refractivity contribution in [3.05, 3.63) is 27.7 Å². The van der Waals surface area contributed by atoms with Crippen molar-refractivity contribution in [1.82, 2.24) is 4.72 Å². The van der Waals surface area contributed by atoms with Crippen LogP contribution >= 0.6 is 23.2 Å². The van der Waals surface area contributed by atoms with Crippen LogP contribution in [0, 0.1) is 0 Å². The summed E-state index contributed by atoms with van der Waals surface area (Å²) in [4.78, 5) is 12.1. The van der Waals surface area contributed by atoms with Crippen LogP contribution in [0.4, 0.5) is 5.69 Å². The quantitative estimate of drug-likeness (QED) is 0.639. The molecule has 0 fully saturated rings. The number of nitrogens with two attached hydrogens (primary N) is 1. The van der Waals surface area contributed by atoms with Gasteiger partial charge >= 0.3 is 10.2 Å². The van der Waals surface area contributed by atoms with Crippen molar-refractivity contribution >= 4 is 50.8 Å². The fourth-order valence-corrected chi connectivity index (χ4v) is 3.80. The van der Waals surface area contributed by atoms with Crippen molar-refractivity contribution in [3.63, 3.8) is 0 Å². The summed E-state index contributed by atoms with van der Waals surface area (Å²) in [5.74, 6) is -1.09. The summed E-state index contributed by atoms with van der Waals surface area (Å²) in [5, 5.41) is 2.84. The van der Waals surface area contributed by atoms with Crippen LogP contribution < -0.4 is 15.8 Å². The monoisotopic (exact) mass is 320 g/mol. The van der Waals surface area contributed by atoms with E-state index in [2.05, 4.69) is 14.4 Å². The van der Waals surface area contributed by atoms with Crippen LogP contribution in [-0.4, -0.2) is 20.2 Å². The zero-order valence-electron chi connectivity index (χ0n) is 9.07. The van der Waals surface area contributed by atoms with E-state index in [4.69, 9.17) is 28.9 Å². The first-order valence-electron chi connectivity index (χ1n) is 4.98. The van der Waals surface area contributed by atoms with Crippen LogP contribution in [0.3, 0.4) is 0 Å². The van der Waals surface area contributed by atoms with Gasteiger partial charge in [-0.25, -0.2) is 0 Å². The molecule has 0 bridgehead atoms. The van der Waals surface area contributed by atoms with Crippen LogP contribution in [0.25, 0.3) is 0 Å². The van der Waals surface area contributed by atoms with E-state index in [9.17, 15) is 13.2 Å². The van der Waals surface area contributed by atoms with E-state index in [0.717, 1.165) is 0 Å². The minimum Gasteiger partial charge on any atom is -0.384 e. The molecule has 0 aromatic heterocycles. The lowest BCUT2D eigenvalue weighted by molar-refractivity contribution is -0.119. The maximum absolute atomic E-state index is 12.1. The van der Waals surface area contributed by atoms with Crippen LogP contribution in [0.15, 0.2) is 16.5 Å². The van der Waals surface area contributed by atoms with Crippen molar-refractivity contribution < 1.29 is 13.2 Å². The van der Waals surface area contributed by atoms with Gasteiger partial charge in [0.15, 0.2) is 5.54 Å². The Morgan fingerprint density at radius 3 is 2.47 bits per heavy atom. The van der Waals surface area contributed by atoms with Crippen LogP contribution in [0.2, 0.25) is 10.0 Å². The van der Waals surface area contributed by atoms with Gasteiger partial charge in [-0.3, -0.25) is 4.79 Å². The molecule has 19 heavy (non-hydrogen) atoms. The Labute approximate surface area is 118 Å². The van der Waals surface area contributed by atoms with Gasteiger partial charge in [-0.1, -0.05) is 23.2 Å². The third-order valence-corrected chi connectivity index (χ3v) is 4.57. The minimum atomic E-state index is -4.04. The van der Waals surface area contributed by atoms with Crippen molar-refractivity contribution in [2.24, 2.45) is 10.1 Å². The van der Waals surface area contributed by atoms with E-state index >= 15 is 0 Å². The zero-order chi connectivity index (χ0) is 14.0. The topological polar surface area (TPSA) is 114 Å². The SMILES string of the molecule is NC1=NS(=O)(=O)NC12C(=O)Nc1c(Cl)ccc(Cl)c12. The molecule has 1 unspecified atom stereocenters. The van der Waals surface area contributed by atoms with Gasteiger partial charge < -0.3 is 11.1 Å². The first kappa shape index (κ1) is 12.7. The van der Waals surface area contributed by atoms with Gasteiger partial charge in [-0.05, 0) is 12.1 Å². The number of fused-ring (bicyclic) bond motifs is 2. The first-order chi connectivity index (χ1) is 8.78. The molecule has 1 aromatic rings. The second kappa shape index (κ2) is 3.60. The molecule has 100 valence electrons. The second-order valence-electron chi connectivity index (χ2n) is 4.04. The molecule has 1 aromatic carbocycles. The molecule has 0 saturated carbocycles. The predicted molar refractivity (Wildman–Crippen MR) is 70.4 cm³/mol. The second-order valence-corrected chi connectivity index (χ2v) is 6.19. The molecule has 3 rings (SSSR count). The highest BCUT2D eigenvalue weighted by atomic mass is 35.5. The highest BCUT2D eigenvalue weighted by Crippen LogP contribution is 2.46. The zero-order valence-corrected chi connectivity index (χ0v) is 11.4. The molecule has 0 saturated heterocycles. The lowest BCUT2D eigenvalue weighted by Gasteiger charge is -2.21. The van der Waals surface area contributed by atoms with Crippen LogP contribution in [0.1, 0.15) is 5.56 Å². The number of benzene rings is 1. The van der Waals surface area contributed by atoms with Crippen LogP contribution in [0.5, 0.6) is 0 Å². The molecule has 0 radical (unpaired) electrons. The van der Waals surface area contributed by atoms with E-state index in [1.54, 1.807) is 0 Å². The molecule has 0 aliphatic carbocycles. The van der Waals surface area contributed by atoms with Gasteiger partial charge in [0.1, 0.15) is 5.84 Å². The summed E-state index contributed by atoms with van der Waals surface area (Å²) < 4.78 is 28.4. The summed E-state index contributed by atoms with van der Waals surface area (Å²) in [6.45, 7) is 0. The molecular formula is C9H6Cl2N4O3S. The van der Waals surface area contributed by atoms with E-state index in [-0.39, 0.29) is 21.3 Å². The summed E-state index contributed by atoms with van der Waals surface area (Å²) in [5.41, 5.74) is 4.18. The van der Waals surface area contributed by atoms with Crippen molar-refractivity contribution in [2.75, 3.05) is 5.32 Å². The van der Waals surface area contributed by atoms with Crippen molar-refractivity contribution in [1.29, 1.82) is 0 Å². The van der Waals surface area contributed by atoms with Gasteiger partial charge in [-0.2, -0.15) is 13.1 Å². The smallest absolute Gasteiger partial charge is 0.323 e. The molecule has 7 nitrogen and oxygen atoms in total. The number of rotatable bonds is 0. The Morgan fingerprint density at radius 2 is 1.89 bits per heavy atom. The van der Waals surface area contributed by atoms with Crippen molar-refractivity contribution in [2.45, 2.75) is 5.54 Å². The minimum absolute atomic E-state index is 0.153. The number of carbonyl (C=O) groups excluding carboxylic acids is 1. The maximum atomic E-state index is 12.1. The molecule has 2 aliphatic heterocycles. The van der Waals surface area contributed by atoms with Gasteiger partial charge in [0.2, 0.25) is 0 Å². The van der Waals surface area contributed by atoms with Gasteiger partial charge in [0.25, 0.3) is 5.91 Å². The molecule has 4 N–H and O–H groups in total. The van der Waals surface area contributed by atoms with E-state index in [1.165, 1.54) is 12.1 Å². The molecule has 10 heteroatoms. The Kier molecular flexibility index (Phi) is 2.40. The number of nitrogens with one attached hydrogen (secondary N) is 2. The fourth-order valence-electron chi connectivity index (χ4n) is 2.17. The highest BCUT2D eigenvalue weighted by molar-refractivity contribution is 7.88. The third-order valence-electron chi connectivity index (χ3n) is 2.94. The molecule has 1 spiro atoms. The number of amides is 1. The number of hydrogen-bond acceptors (Lipinski definition) is 4. The number of carbonyl (C=O) groups is 1. The highest BCUT2D eigenvalue weighted by Gasteiger charge is 2.58. The lowest BCUT2D eigenvalue weighted by atomic mass is 9.91. The summed E-state index contributed by atoms with van der Waals surface area (Å²) >= 11 is 12.0. The Bertz CT molecular complexity index is 761. The predicted octanol–water partition coefficient (Wildman–Crippen LogP) is 0.346. The molecule has 2 heterocycles. The number of nitrogens with zero attached hydrogens (tertiary/aromatic N) is 1.